The standard InChI is InChI=1S/C12H12OS2/c1-14-11-4-2-9(3-5-11)12(13)10-6-7-15-8-10/h2-8,12-13H,1H3/t12-/m0/s1. The minimum atomic E-state index is -0.493. The number of rotatable bonds is 3. The smallest absolute Gasteiger partial charge is 0.105 e. The van der Waals surface area contributed by atoms with Crippen LogP contribution >= 0.6 is 23.1 Å². The van der Waals surface area contributed by atoms with E-state index in [4.69, 9.17) is 0 Å². The summed E-state index contributed by atoms with van der Waals surface area (Å²) in [5.41, 5.74) is 1.92. The fraction of sp³-hybridized carbons (Fsp3) is 0.167. The first-order valence-corrected chi connectivity index (χ1v) is 6.82. The Balaban J connectivity index is 2.22. The molecule has 0 saturated carbocycles. The Morgan fingerprint density at radius 3 is 2.40 bits per heavy atom. The Morgan fingerprint density at radius 2 is 1.87 bits per heavy atom. The molecule has 0 spiro atoms. The second-order valence-electron chi connectivity index (χ2n) is 3.23. The fourth-order valence-electron chi connectivity index (χ4n) is 1.41. The molecule has 0 radical (unpaired) electrons. The van der Waals surface area contributed by atoms with Crippen LogP contribution in [0, 0.1) is 0 Å². The molecular weight excluding hydrogens is 224 g/mol. The molecule has 15 heavy (non-hydrogen) atoms. The van der Waals surface area contributed by atoms with Gasteiger partial charge in [0.05, 0.1) is 0 Å². The molecule has 0 aliphatic carbocycles. The Bertz CT molecular complexity index is 406. The molecular formula is C12H12OS2. The maximum Gasteiger partial charge on any atom is 0.105 e. The lowest BCUT2D eigenvalue weighted by molar-refractivity contribution is 0.221. The lowest BCUT2D eigenvalue weighted by Gasteiger charge is -2.09. The van der Waals surface area contributed by atoms with Gasteiger partial charge in [-0.3, -0.25) is 0 Å². The molecule has 3 heteroatoms. The van der Waals surface area contributed by atoms with Gasteiger partial charge in [0.2, 0.25) is 0 Å². The van der Waals surface area contributed by atoms with Crippen molar-refractivity contribution in [1.29, 1.82) is 0 Å². The van der Waals surface area contributed by atoms with E-state index in [-0.39, 0.29) is 0 Å². The molecule has 1 N–H and O–H groups in total. The number of hydrogen-bond acceptors (Lipinski definition) is 3. The Morgan fingerprint density at radius 1 is 1.13 bits per heavy atom. The Labute approximate surface area is 97.8 Å². The number of aliphatic hydroxyl groups is 1. The molecule has 0 aliphatic rings. The molecule has 0 fully saturated rings. The van der Waals surface area contributed by atoms with Crippen molar-refractivity contribution >= 4 is 23.1 Å². The van der Waals surface area contributed by atoms with E-state index >= 15 is 0 Å². The van der Waals surface area contributed by atoms with Gasteiger partial charge in [0, 0.05) is 4.90 Å². The first-order chi connectivity index (χ1) is 7.31. The highest BCUT2D eigenvalue weighted by molar-refractivity contribution is 7.98. The second-order valence-corrected chi connectivity index (χ2v) is 4.89. The summed E-state index contributed by atoms with van der Waals surface area (Å²) in [6, 6.07) is 9.99. The highest BCUT2D eigenvalue weighted by Crippen LogP contribution is 2.25. The molecule has 0 unspecified atom stereocenters. The SMILES string of the molecule is CSc1ccc([C@H](O)c2ccsc2)cc1. The van der Waals surface area contributed by atoms with Crippen molar-refractivity contribution in [2.45, 2.75) is 11.0 Å². The molecule has 0 amide bonds. The minimum Gasteiger partial charge on any atom is -0.384 e. The number of aliphatic hydroxyl groups excluding tert-OH is 1. The number of hydrogen-bond donors (Lipinski definition) is 1. The molecule has 1 aromatic heterocycles. The monoisotopic (exact) mass is 236 g/mol. The van der Waals surface area contributed by atoms with E-state index in [2.05, 4.69) is 0 Å². The van der Waals surface area contributed by atoms with Crippen LogP contribution in [0.2, 0.25) is 0 Å². The van der Waals surface area contributed by atoms with Crippen molar-refractivity contribution in [1.82, 2.24) is 0 Å². The van der Waals surface area contributed by atoms with E-state index in [0.29, 0.717) is 0 Å². The second kappa shape index (κ2) is 4.84. The molecule has 0 aliphatic heterocycles. The average molecular weight is 236 g/mol. The van der Waals surface area contributed by atoms with Gasteiger partial charge in [-0.15, -0.1) is 11.8 Å². The van der Waals surface area contributed by atoms with Crippen molar-refractivity contribution in [3.05, 3.63) is 52.2 Å². The average Bonchev–Trinajstić information content (AvgIpc) is 2.82. The first kappa shape index (κ1) is 10.7. The van der Waals surface area contributed by atoms with Gasteiger partial charge >= 0.3 is 0 Å². The summed E-state index contributed by atoms with van der Waals surface area (Å²) in [4.78, 5) is 1.22. The van der Waals surface area contributed by atoms with E-state index in [0.717, 1.165) is 11.1 Å². The third kappa shape index (κ3) is 2.43. The highest BCUT2D eigenvalue weighted by Gasteiger charge is 2.09. The predicted octanol–water partition coefficient (Wildman–Crippen LogP) is 3.55. The predicted molar refractivity (Wildman–Crippen MR) is 66.6 cm³/mol. The molecule has 1 aromatic carbocycles. The van der Waals surface area contributed by atoms with Crippen LogP contribution < -0.4 is 0 Å². The molecule has 78 valence electrons. The van der Waals surface area contributed by atoms with Gasteiger partial charge < -0.3 is 5.11 Å². The van der Waals surface area contributed by atoms with E-state index in [9.17, 15) is 5.11 Å². The molecule has 2 rings (SSSR count). The normalized spacial score (nSPS) is 12.7. The van der Waals surface area contributed by atoms with Gasteiger partial charge in [-0.05, 0) is 46.3 Å². The maximum absolute atomic E-state index is 10.0. The van der Waals surface area contributed by atoms with Gasteiger partial charge in [0.25, 0.3) is 0 Å². The summed E-state index contributed by atoms with van der Waals surface area (Å²) in [5.74, 6) is 0. The molecule has 0 saturated heterocycles. The molecule has 1 nitrogen and oxygen atoms in total. The van der Waals surface area contributed by atoms with Crippen LogP contribution in [0.3, 0.4) is 0 Å². The lowest BCUT2D eigenvalue weighted by Crippen LogP contribution is -1.97. The Kier molecular flexibility index (Phi) is 3.46. The quantitative estimate of drug-likeness (QED) is 0.822. The number of thioether (sulfide) groups is 1. The summed E-state index contributed by atoms with van der Waals surface area (Å²) in [7, 11) is 0. The van der Waals surface area contributed by atoms with E-state index in [1.54, 1.807) is 23.1 Å². The highest BCUT2D eigenvalue weighted by atomic mass is 32.2. The van der Waals surface area contributed by atoms with Gasteiger partial charge in [0.15, 0.2) is 0 Å². The van der Waals surface area contributed by atoms with Gasteiger partial charge in [-0.1, -0.05) is 12.1 Å². The van der Waals surface area contributed by atoms with Crippen LogP contribution in [0.15, 0.2) is 46.0 Å². The minimum absolute atomic E-state index is 0.493. The summed E-state index contributed by atoms with van der Waals surface area (Å²) >= 11 is 3.31. The summed E-state index contributed by atoms with van der Waals surface area (Å²) in [6.07, 6.45) is 1.55. The largest absolute Gasteiger partial charge is 0.384 e. The van der Waals surface area contributed by atoms with Crippen LogP contribution in [-0.2, 0) is 0 Å². The number of thiophene rings is 1. The lowest BCUT2D eigenvalue weighted by atomic mass is 10.1. The fourth-order valence-corrected chi connectivity index (χ4v) is 2.50. The van der Waals surface area contributed by atoms with Gasteiger partial charge in [0.1, 0.15) is 6.10 Å². The van der Waals surface area contributed by atoms with Crippen molar-refractivity contribution in [3.8, 4) is 0 Å². The van der Waals surface area contributed by atoms with Crippen molar-refractivity contribution in [2.24, 2.45) is 0 Å². The molecule has 0 bridgehead atoms. The summed E-state index contributed by atoms with van der Waals surface area (Å²) in [5, 5.41) is 14.0. The van der Waals surface area contributed by atoms with Crippen LogP contribution in [0.25, 0.3) is 0 Å². The summed E-state index contributed by atoms with van der Waals surface area (Å²) < 4.78 is 0. The molecule has 2 aromatic rings. The zero-order valence-corrected chi connectivity index (χ0v) is 10.0. The molecule has 1 heterocycles. The van der Waals surface area contributed by atoms with Crippen LogP contribution in [0.1, 0.15) is 17.2 Å². The third-order valence-corrected chi connectivity index (χ3v) is 3.74. The third-order valence-electron chi connectivity index (χ3n) is 2.29. The summed E-state index contributed by atoms with van der Waals surface area (Å²) in [6.45, 7) is 0. The Hall–Kier alpha value is -0.770. The van der Waals surface area contributed by atoms with E-state index in [1.807, 2.05) is 47.3 Å². The first-order valence-electron chi connectivity index (χ1n) is 4.65. The van der Waals surface area contributed by atoms with Crippen LogP contribution in [0.4, 0.5) is 0 Å². The van der Waals surface area contributed by atoms with Gasteiger partial charge in [-0.2, -0.15) is 11.3 Å². The molecule has 1 atom stereocenters. The van der Waals surface area contributed by atoms with Crippen molar-refractivity contribution in [3.63, 3.8) is 0 Å². The van der Waals surface area contributed by atoms with Crippen molar-refractivity contribution in [2.75, 3.05) is 6.26 Å². The maximum atomic E-state index is 10.0. The zero-order valence-electron chi connectivity index (χ0n) is 8.38. The van der Waals surface area contributed by atoms with Crippen molar-refractivity contribution < 1.29 is 5.11 Å². The van der Waals surface area contributed by atoms with E-state index in [1.165, 1.54) is 4.90 Å². The number of benzene rings is 1. The van der Waals surface area contributed by atoms with Gasteiger partial charge in [-0.25, -0.2) is 0 Å². The van der Waals surface area contributed by atoms with E-state index < -0.39 is 6.10 Å². The van der Waals surface area contributed by atoms with Crippen LogP contribution in [-0.4, -0.2) is 11.4 Å². The zero-order chi connectivity index (χ0) is 10.7. The topological polar surface area (TPSA) is 20.2 Å². The van der Waals surface area contributed by atoms with Crippen LogP contribution in [0.5, 0.6) is 0 Å².